The summed E-state index contributed by atoms with van der Waals surface area (Å²) in [6.07, 6.45) is 5.06. The molecule has 0 saturated carbocycles. The highest BCUT2D eigenvalue weighted by atomic mass is 16.7. The lowest BCUT2D eigenvalue weighted by Crippen LogP contribution is -2.31. The van der Waals surface area contributed by atoms with Crippen molar-refractivity contribution in [3.8, 4) is 11.5 Å². The SMILES string of the molecule is CCCN1CCCC(NCc2cccc3c2OCO3)CC1. The van der Waals surface area contributed by atoms with Gasteiger partial charge in [0.2, 0.25) is 6.79 Å². The van der Waals surface area contributed by atoms with Gasteiger partial charge in [0, 0.05) is 18.2 Å². The number of rotatable bonds is 5. The highest BCUT2D eigenvalue weighted by Gasteiger charge is 2.19. The molecule has 1 N–H and O–H groups in total. The highest BCUT2D eigenvalue weighted by molar-refractivity contribution is 5.48. The molecule has 116 valence electrons. The minimum Gasteiger partial charge on any atom is -0.454 e. The molecule has 1 aromatic carbocycles. The zero-order valence-corrected chi connectivity index (χ0v) is 12.9. The van der Waals surface area contributed by atoms with Gasteiger partial charge in [0.25, 0.3) is 0 Å². The molecule has 0 spiro atoms. The maximum atomic E-state index is 5.57. The molecular weight excluding hydrogens is 264 g/mol. The number of likely N-dealkylation sites (tertiary alicyclic amines) is 1. The van der Waals surface area contributed by atoms with Crippen LogP contribution in [0.15, 0.2) is 18.2 Å². The molecule has 1 aromatic rings. The molecule has 3 rings (SSSR count). The van der Waals surface area contributed by atoms with Crippen molar-refractivity contribution in [2.24, 2.45) is 0 Å². The zero-order chi connectivity index (χ0) is 14.5. The Bertz CT molecular complexity index is 464. The number of benzene rings is 1. The van der Waals surface area contributed by atoms with Crippen molar-refractivity contribution in [2.75, 3.05) is 26.4 Å². The van der Waals surface area contributed by atoms with E-state index in [-0.39, 0.29) is 0 Å². The van der Waals surface area contributed by atoms with E-state index in [0.29, 0.717) is 12.8 Å². The Kier molecular flexibility index (Phi) is 4.99. The van der Waals surface area contributed by atoms with Gasteiger partial charge in [0.05, 0.1) is 0 Å². The topological polar surface area (TPSA) is 33.7 Å². The van der Waals surface area contributed by atoms with Crippen LogP contribution in [0.4, 0.5) is 0 Å². The molecular formula is C17H26N2O2. The van der Waals surface area contributed by atoms with Crippen LogP contribution in [0.1, 0.15) is 38.2 Å². The third kappa shape index (κ3) is 3.69. The quantitative estimate of drug-likeness (QED) is 0.904. The Morgan fingerprint density at radius 1 is 1.24 bits per heavy atom. The van der Waals surface area contributed by atoms with E-state index in [0.717, 1.165) is 18.0 Å². The lowest BCUT2D eigenvalue weighted by molar-refractivity contribution is 0.173. The lowest BCUT2D eigenvalue weighted by Gasteiger charge is -2.19. The fourth-order valence-corrected chi connectivity index (χ4v) is 3.28. The maximum Gasteiger partial charge on any atom is 0.231 e. The molecule has 1 saturated heterocycles. The molecule has 0 aliphatic carbocycles. The second-order valence-electron chi connectivity index (χ2n) is 6.00. The number of fused-ring (bicyclic) bond motifs is 1. The summed E-state index contributed by atoms with van der Waals surface area (Å²) >= 11 is 0. The molecule has 1 fully saturated rings. The van der Waals surface area contributed by atoms with Crippen LogP contribution >= 0.6 is 0 Å². The summed E-state index contributed by atoms with van der Waals surface area (Å²) in [7, 11) is 0. The number of nitrogens with zero attached hydrogens (tertiary/aromatic N) is 1. The van der Waals surface area contributed by atoms with Crippen LogP contribution in [0.5, 0.6) is 11.5 Å². The molecule has 0 amide bonds. The Labute approximate surface area is 127 Å². The predicted octanol–water partition coefficient (Wildman–Crippen LogP) is 2.77. The molecule has 1 atom stereocenters. The molecule has 4 nitrogen and oxygen atoms in total. The molecule has 0 aromatic heterocycles. The van der Waals surface area contributed by atoms with Gasteiger partial charge in [0.1, 0.15) is 0 Å². The molecule has 21 heavy (non-hydrogen) atoms. The van der Waals surface area contributed by atoms with E-state index in [1.165, 1.54) is 50.9 Å². The minimum atomic E-state index is 0.349. The van der Waals surface area contributed by atoms with E-state index in [1.54, 1.807) is 0 Å². The summed E-state index contributed by atoms with van der Waals surface area (Å²) in [5.41, 5.74) is 1.21. The van der Waals surface area contributed by atoms with Gasteiger partial charge in [-0.1, -0.05) is 19.1 Å². The third-order valence-electron chi connectivity index (χ3n) is 4.42. The highest BCUT2D eigenvalue weighted by Crippen LogP contribution is 2.35. The number of hydrogen-bond donors (Lipinski definition) is 1. The zero-order valence-electron chi connectivity index (χ0n) is 12.9. The van der Waals surface area contributed by atoms with Crippen LogP contribution in [0, 0.1) is 0 Å². The summed E-state index contributed by atoms with van der Waals surface area (Å²) in [6.45, 7) is 7.19. The maximum absolute atomic E-state index is 5.57. The van der Waals surface area contributed by atoms with E-state index in [4.69, 9.17) is 9.47 Å². The fourth-order valence-electron chi connectivity index (χ4n) is 3.28. The fraction of sp³-hybridized carbons (Fsp3) is 0.647. The first-order valence-electron chi connectivity index (χ1n) is 8.20. The van der Waals surface area contributed by atoms with Crippen molar-refractivity contribution < 1.29 is 9.47 Å². The molecule has 2 heterocycles. The normalized spacial score (nSPS) is 22.2. The van der Waals surface area contributed by atoms with Crippen molar-refractivity contribution in [1.82, 2.24) is 10.2 Å². The van der Waals surface area contributed by atoms with Crippen LogP contribution in [-0.2, 0) is 6.54 Å². The number of nitrogens with one attached hydrogen (secondary N) is 1. The molecule has 0 radical (unpaired) electrons. The number of hydrogen-bond acceptors (Lipinski definition) is 4. The summed E-state index contributed by atoms with van der Waals surface area (Å²) in [6, 6.07) is 6.76. The predicted molar refractivity (Wildman–Crippen MR) is 83.8 cm³/mol. The smallest absolute Gasteiger partial charge is 0.231 e. The van der Waals surface area contributed by atoms with Crippen molar-refractivity contribution in [1.29, 1.82) is 0 Å². The summed E-state index contributed by atoms with van der Waals surface area (Å²) in [5.74, 6) is 1.80. The van der Waals surface area contributed by atoms with Crippen molar-refractivity contribution >= 4 is 0 Å². The second-order valence-corrected chi connectivity index (χ2v) is 6.00. The molecule has 0 bridgehead atoms. The van der Waals surface area contributed by atoms with Gasteiger partial charge in [-0.05, 0) is 51.4 Å². The summed E-state index contributed by atoms with van der Waals surface area (Å²) in [4.78, 5) is 2.60. The van der Waals surface area contributed by atoms with E-state index in [2.05, 4.69) is 23.2 Å². The first kappa shape index (κ1) is 14.7. The standard InChI is InChI=1S/C17H26N2O2/c1-2-9-19-10-4-6-15(8-11-19)18-12-14-5-3-7-16-17(14)21-13-20-16/h3,5,7,15,18H,2,4,6,8-13H2,1H3. The van der Waals surface area contributed by atoms with E-state index >= 15 is 0 Å². The largest absolute Gasteiger partial charge is 0.454 e. The van der Waals surface area contributed by atoms with E-state index in [1.807, 2.05) is 12.1 Å². The van der Waals surface area contributed by atoms with Gasteiger partial charge in [-0.3, -0.25) is 0 Å². The Hall–Kier alpha value is -1.26. The number of para-hydroxylation sites is 1. The monoisotopic (exact) mass is 290 g/mol. The lowest BCUT2D eigenvalue weighted by atomic mass is 10.1. The molecule has 2 aliphatic heterocycles. The van der Waals surface area contributed by atoms with Crippen LogP contribution in [0.25, 0.3) is 0 Å². The minimum absolute atomic E-state index is 0.349. The Morgan fingerprint density at radius 3 is 3.10 bits per heavy atom. The Balaban J connectivity index is 1.52. The van der Waals surface area contributed by atoms with E-state index in [9.17, 15) is 0 Å². The van der Waals surface area contributed by atoms with Crippen LogP contribution in [-0.4, -0.2) is 37.4 Å². The third-order valence-corrected chi connectivity index (χ3v) is 4.42. The summed E-state index contributed by atoms with van der Waals surface area (Å²) < 4.78 is 11.0. The molecule has 2 aliphatic rings. The molecule has 1 unspecified atom stereocenters. The van der Waals surface area contributed by atoms with Crippen LogP contribution < -0.4 is 14.8 Å². The Morgan fingerprint density at radius 2 is 2.19 bits per heavy atom. The van der Waals surface area contributed by atoms with E-state index < -0.39 is 0 Å². The van der Waals surface area contributed by atoms with Gasteiger partial charge in [0.15, 0.2) is 11.5 Å². The van der Waals surface area contributed by atoms with Gasteiger partial charge >= 0.3 is 0 Å². The second kappa shape index (κ2) is 7.14. The average molecular weight is 290 g/mol. The summed E-state index contributed by atoms with van der Waals surface area (Å²) in [5, 5.41) is 3.71. The van der Waals surface area contributed by atoms with Crippen molar-refractivity contribution in [2.45, 2.75) is 45.2 Å². The van der Waals surface area contributed by atoms with Gasteiger partial charge < -0.3 is 19.7 Å². The van der Waals surface area contributed by atoms with Crippen molar-refractivity contribution in [3.05, 3.63) is 23.8 Å². The van der Waals surface area contributed by atoms with Gasteiger partial charge in [-0.15, -0.1) is 0 Å². The number of ether oxygens (including phenoxy) is 2. The first-order chi connectivity index (χ1) is 10.4. The van der Waals surface area contributed by atoms with Gasteiger partial charge in [-0.25, -0.2) is 0 Å². The van der Waals surface area contributed by atoms with Crippen LogP contribution in [0.2, 0.25) is 0 Å². The first-order valence-corrected chi connectivity index (χ1v) is 8.20. The molecule has 4 heteroatoms. The van der Waals surface area contributed by atoms with Crippen LogP contribution in [0.3, 0.4) is 0 Å². The average Bonchev–Trinajstić information content (AvgIpc) is 2.87. The van der Waals surface area contributed by atoms with Gasteiger partial charge in [-0.2, -0.15) is 0 Å². The van der Waals surface area contributed by atoms with Crippen molar-refractivity contribution in [3.63, 3.8) is 0 Å².